The summed E-state index contributed by atoms with van der Waals surface area (Å²) < 4.78 is 5.30. The Labute approximate surface area is 124 Å². The number of nitrogens with zero attached hydrogens (tertiary/aromatic N) is 1. The number of ether oxygens (including phenoxy) is 1. The first kappa shape index (κ1) is 13.0. The normalized spacial score (nSPS) is 10.4. The van der Waals surface area contributed by atoms with Gasteiger partial charge in [-0.05, 0) is 11.4 Å². The van der Waals surface area contributed by atoms with Crippen LogP contribution in [-0.4, -0.2) is 11.0 Å². The van der Waals surface area contributed by atoms with Crippen LogP contribution in [0.2, 0.25) is 0 Å². The van der Waals surface area contributed by atoms with Crippen molar-refractivity contribution in [2.24, 2.45) is 0 Å². The molecule has 3 aromatic rings. The summed E-state index contributed by atoms with van der Waals surface area (Å²) in [5.41, 5.74) is 1.76. The largest absolute Gasteiger partial charge is 0.413 e. The summed E-state index contributed by atoms with van der Waals surface area (Å²) in [5.74, 6) is -0.328. The van der Waals surface area contributed by atoms with Gasteiger partial charge in [-0.3, -0.25) is 4.79 Å². The Morgan fingerprint density at radius 3 is 2.60 bits per heavy atom. The standard InChI is InChI=1S/C15H11NO2S2/c1-10(17)18-15-13(12-8-5-9-19-12)16-14(20-15)11-6-3-2-4-7-11/h2-9H,1H3. The molecule has 0 fully saturated rings. The van der Waals surface area contributed by atoms with Gasteiger partial charge >= 0.3 is 5.97 Å². The molecule has 0 saturated heterocycles. The summed E-state index contributed by atoms with van der Waals surface area (Å²) in [6, 6.07) is 13.8. The first-order valence-electron chi connectivity index (χ1n) is 6.02. The van der Waals surface area contributed by atoms with Gasteiger partial charge in [0.25, 0.3) is 0 Å². The molecule has 2 heterocycles. The van der Waals surface area contributed by atoms with Crippen LogP contribution < -0.4 is 4.74 Å². The second-order valence-electron chi connectivity index (χ2n) is 4.09. The average Bonchev–Trinajstić information content (AvgIpc) is 3.08. The van der Waals surface area contributed by atoms with Crippen molar-refractivity contribution < 1.29 is 9.53 Å². The van der Waals surface area contributed by atoms with Crippen LogP contribution in [0.1, 0.15) is 6.92 Å². The van der Waals surface area contributed by atoms with Crippen LogP contribution in [-0.2, 0) is 4.79 Å². The average molecular weight is 301 g/mol. The molecule has 5 heteroatoms. The van der Waals surface area contributed by atoms with E-state index in [2.05, 4.69) is 4.98 Å². The van der Waals surface area contributed by atoms with Gasteiger partial charge in [0.15, 0.2) is 0 Å². The molecule has 0 aliphatic carbocycles. The summed E-state index contributed by atoms with van der Waals surface area (Å²) in [6.45, 7) is 1.40. The van der Waals surface area contributed by atoms with Crippen molar-refractivity contribution in [3.8, 4) is 26.2 Å². The highest BCUT2D eigenvalue weighted by Gasteiger charge is 2.17. The Morgan fingerprint density at radius 2 is 1.95 bits per heavy atom. The molecular formula is C15H11NO2S2. The molecule has 0 N–H and O–H groups in total. The quantitative estimate of drug-likeness (QED) is 0.670. The molecule has 2 aromatic heterocycles. The van der Waals surface area contributed by atoms with Crippen molar-refractivity contribution in [3.63, 3.8) is 0 Å². The lowest BCUT2D eigenvalue weighted by Gasteiger charge is -1.98. The number of thiophene rings is 1. The maximum absolute atomic E-state index is 11.2. The second-order valence-corrected chi connectivity index (χ2v) is 6.00. The summed E-state index contributed by atoms with van der Waals surface area (Å²) in [5, 5.41) is 3.39. The fourth-order valence-electron chi connectivity index (χ4n) is 1.78. The van der Waals surface area contributed by atoms with E-state index in [1.807, 2.05) is 47.8 Å². The van der Waals surface area contributed by atoms with Crippen LogP contribution in [0.25, 0.3) is 21.1 Å². The van der Waals surface area contributed by atoms with E-state index >= 15 is 0 Å². The van der Waals surface area contributed by atoms with Gasteiger partial charge in [0.1, 0.15) is 10.7 Å². The fourth-order valence-corrected chi connectivity index (χ4v) is 3.53. The van der Waals surface area contributed by atoms with Gasteiger partial charge in [-0.1, -0.05) is 47.7 Å². The highest BCUT2D eigenvalue weighted by atomic mass is 32.1. The Bertz CT molecular complexity index is 718. The molecular weight excluding hydrogens is 290 g/mol. The van der Waals surface area contributed by atoms with Gasteiger partial charge in [-0.25, -0.2) is 4.98 Å². The molecule has 0 amide bonds. The third-order valence-corrected chi connectivity index (χ3v) is 4.47. The number of esters is 1. The lowest BCUT2D eigenvalue weighted by Crippen LogP contribution is -2.00. The summed E-state index contributed by atoms with van der Waals surface area (Å²) in [7, 11) is 0. The maximum atomic E-state index is 11.2. The van der Waals surface area contributed by atoms with Gasteiger partial charge in [0, 0.05) is 12.5 Å². The van der Waals surface area contributed by atoms with Crippen molar-refractivity contribution in [2.45, 2.75) is 6.92 Å². The van der Waals surface area contributed by atoms with Crippen molar-refractivity contribution >= 4 is 28.6 Å². The zero-order valence-electron chi connectivity index (χ0n) is 10.7. The number of benzene rings is 1. The molecule has 0 bridgehead atoms. The Kier molecular flexibility index (Phi) is 3.62. The van der Waals surface area contributed by atoms with E-state index < -0.39 is 0 Å². The van der Waals surface area contributed by atoms with Gasteiger partial charge in [-0.15, -0.1) is 11.3 Å². The maximum Gasteiger partial charge on any atom is 0.308 e. The third kappa shape index (κ3) is 2.64. The van der Waals surface area contributed by atoms with Crippen molar-refractivity contribution in [1.82, 2.24) is 4.98 Å². The molecule has 3 rings (SSSR count). The molecule has 0 spiro atoms. The molecule has 3 nitrogen and oxygen atoms in total. The van der Waals surface area contributed by atoms with Crippen molar-refractivity contribution in [3.05, 3.63) is 47.8 Å². The Balaban J connectivity index is 2.08. The third-order valence-electron chi connectivity index (χ3n) is 2.61. The molecule has 0 aliphatic rings. The number of hydrogen-bond acceptors (Lipinski definition) is 5. The summed E-state index contributed by atoms with van der Waals surface area (Å²) in [6.07, 6.45) is 0. The zero-order valence-corrected chi connectivity index (χ0v) is 12.3. The van der Waals surface area contributed by atoms with Crippen molar-refractivity contribution in [2.75, 3.05) is 0 Å². The molecule has 1 aromatic carbocycles. The highest BCUT2D eigenvalue weighted by molar-refractivity contribution is 7.18. The van der Waals surface area contributed by atoms with E-state index in [0.29, 0.717) is 5.06 Å². The molecule has 100 valence electrons. The van der Waals surface area contributed by atoms with E-state index in [1.54, 1.807) is 11.3 Å². The number of thiazole rings is 1. The molecule has 0 atom stereocenters. The first-order chi connectivity index (χ1) is 9.74. The molecule has 20 heavy (non-hydrogen) atoms. The smallest absolute Gasteiger partial charge is 0.308 e. The number of carbonyl (C=O) groups excluding carboxylic acids is 1. The summed E-state index contributed by atoms with van der Waals surface area (Å²) in [4.78, 5) is 16.9. The van der Waals surface area contributed by atoms with Gasteiger partial charge < -0.3 is 4.74 Å². The minimum atomic E-state index is -0.328. The van der Waals surface area contributed by atoms with Gasteiger partial charge in [-0.2, -0.15) is 0 Å². The van der Waals surface area contributed by atoms with E-state index in [0.717, 1.165) is 21.1 Å². The van der Waals surface area contributed by atoms with Crippen LogP contribution in [0.5, 0.6) is 5.06 Å². The number of rotatable bonds is 3. The first-order valence-corrected chi connectivity index (χ1v) is 7.72. The lowest BCUT2D eigenvalue weighted by atomic mass is 10.2. The zero-order chi connectivity index (χ0) is 13.9. The molecule has 0 aliphatic heterocycles. The van der Waals surface area contributed by atoms with Gasteiger partial charge in [0.2, 0.25) is 5.06 Å². The van der Waals surface area contributed by atoms with Crippen LogP contribution >= 0.6 is 22.7 Å². The minimum absolute atomic E-state index is 0.328. The fraction of sp³-hybridized carbons (Fsp3) is 0.0667. The van der Waals surface area contributed by atoms with Crippen LogP contribution in [0.4, 0.5) is 0 Å². The van der Waals surface area contributed by atoms with Crippen LogP contribution in [0.15, 0.2) is 47.8 Å². The number of hydrogen-bond donors (Lipinski definition) is 0. The second kappa shape index (κ2) is 5.56. The van der Waals surface area contributed by atoms with Crippen LogP contribution in [0.3, 0.4) is 0 Å². The van der Waals surface area contributed by atoms with Crippen molar-refractivity contribution in [1.29, 1.82) is 0 Å². The van der Waals surface area contributed by atoms with E-state index in [-0.39, 0.29) is 5.97 Å². The Hall–Kier alpha value is -1.98. The Morgan fingerprint density at radius 1 is 1.15 bits per heavy atom. The predicted molar refractivity (Wildman–Crippen MR) is 82.2 cm³/mol. The molecule has 0 unspecified atom stereocenters. The topological polar surface area (TPSA) is 39.2 Å². The monoisotopic (exact) mass is 301 g/mol. The predicted octanol–water partition coefficient (Wildman–Crippen LogP) is 4.46. The van der Waals surface area contributed by atoms with E-state index in [9.17, 15) is 4.79 Å². The van der Waals surface area contributed by atoms with Gasteiger partial charge in [0.05, 0.1) is 4.88 Å². The minimum Gasteiger partial charge on any atom is -0.413 e. The number of aromatic nitrogens is 1. The lowest BCUT2D eigenvalue weighted by molar-refractivity contribution is -0.131. The van der Waals surface area contributed by atoms with E-state index in [4.69, 9.17) is 4.74 Å². The summed E-state index contributed by atoms with van der Waals surface area (Å²) >= 11 is 2.97. The highest BCUT2D eigenvalue weighted by Crippen LogP contribution is 2.41. The SMILES string of the molecule is CC(=O)Oc1sc(-c2ccccc2)nc1-c1cccs1. The van der Waals surface area contributed by atoms with E-state index in [1.165, 1.54) is 18.3 Å². The molecule has 0 saturated carbocycles. The number of carbonyl (C=O) groups is 1. The van der Waals surface area contributed by atoms with Crippen LogP contribution in [0, 0.1) is 0 Å². The molecule has 0 radical (unpaired) electrons.